The molecule has 1 saturated heterocycles. The number of urea groups is 1. The lowest BCUT2D eigenvalue weighted by molar-refractivity contribution is 0.129. The van der Waals surface area contributed by atoms with Gasteiger partial charge in [-0.05, 0) is 42.4 Å². The maximum Gasteiger partial charge on any atom is 0.317 e. The van der Waals surface area contributed by atoms with Crippen molar-refractivity contribution in [2.75, 3.05) is 26.3 Å². The second-order valence-electron chi connectivity index (χ2n) is 6.65. The molecular formula is C18H28N2O3. The first-order valence-electron chi connectivity index (χ1n) is 8.44. The molecule has 128 valence electrons. The highest BCUT2D eigenvalue weighted by molar-refractivity contribution is 5.74. The van der Waals surface area contributed by atoms with Gasteiger partial charge in [-0.2, -0.15) is 0 Å². The molecule has 0 bridgehead atoms. The van der Waals surface area contributed by atoms with E-state index in [4.69, 9.17) is 4.74 Å². The summed E-state index contributed by atoms with van der Waals surface area (Å²) in [5, 5.41) is 12.2. The zero-order valence-corrected chi connectivity index (χ0v) is 14.1. The van der Waals surface area contributed by atoms with Crippen LogP contribution >= 0.6 is 0 Å². The van der Waals surface area contributed by atoms with Crippen LogP contribution in [0.3, 0.4) is 0 Å². The molecule has 0 spiro atoms. The van der Waals surface area contributed by atoms with Crippen molar-refractivity contribution in [3.05, 3.63) is 29.8 Å². The van der Waals surface area contributed by atoms with Crippen LogP contribution in [-0.2, 0) is 6.54 Å². The maximum atomic E-state index is 12.2. The van der Waals surface area contributed by atoms with Crippen LogP contribution in [0.1, 0.15) is 32.3 Å². The van der Waals surface area contributed by atoms with Gasteiger partial charge in [0.05, 0.1) is 6.61 Å². The Hall–Kier alpha value is -1.75. The van der Waals surface area contributed by atoms with Gasteiger partial charge >= 0.3 is 6.03 Å². The fourth-order valence-corrected chi connectivity index (χ4v) is 2.70. The van der Waals surface area contributed by atoms with E-state index in [1.54, 1.807) is 4.90 Å². The van der Waals surface area contributed by atoms with Crippen LogP contribution in [0.4, 0.5) is 4.79 Å². The predicted molar refractivity (Wildman–Crippen MR) is 90.4 cm³/mol. The Morgan fingerprint density at radius 1 is 1.48 bits per heavy atom. The van der Waals surface area contributed by atoms with Gasteiger partial charge < -0.3 is 20.1 Å². The third-order valence-corrected chi connectivity index (χ3v) is 3.99. The molecule has 5 nitrogen and oxygen atoms in total. The number of amides is 2. The van der Waals surface area contributed by atoms with Gasteiger partial charge in [0.2, 0.25) is 0 Å². The third-order valence-electron chi connectivity index (χ3n) is 3.99. The van der Waals surface area contributed by atoms with Gasteiger partial charge in [-0.15, -0.1) is 0 Å². The molecule has 0 aliphatic carbocycles. The largest absolute Gasteiger partial charge is 0.493 e. The van der Waals surface area contributed by atoms with Gasteiger partial charge in [0, 0.05) is 26.2 Å². The van der Waals surface area contributed by atoms with Gasteiger partial charge in [-0.3, -0.25) is 0 Å². The molecule has 0 radical (unpaired) electrons. The number of piperidine rings is 1. The van der Waals surface area contributed by atoms with Crippen LogP contribution in [-0.4, -0.2) is 42.3 Å². The molecule has 2 N–H and O–H groups in total. The summed E-state index contributed by atoms with van der Waals surface area (Å²) >= 11 is 0. The van der Waals surface area contributed by atoms with Crippen molar-refractivity contribution in [2.45, 2.75) is 33.2 Å². The number of hydrogen-bond acceptors (Lipinski definition) is 3. The molecule has 0 aromatic heterocycles. The Kier molecular flexibility index (Phi) is 6.71. The molecule has 0 saturated carbocycles. The number of nitrogens with one attached hydrogen (secondary N) is 1. The number of rotatable bonds is 6. The Labute approximate surface area is 138 Å². The van der Waals surface area contributed by atoms with Gasteiger partial charge in [0.15, 0.2) is 0 Å². The Bertz CT molecular complexity index is 505. The summed E-state index contributed by atoms with van der Waals surface area (Å²) in [7, 11) is 0. The van der Waals surface area contributed by atoms with Gasteiger partial charge in [-0.25, -0.2) is 4.79 Å². The van der Waals surface area contributed by atoms with Gasteiger partial charge in [0.25, 0.3) is 0 Å². The molecule has 1 aromatic rings. The number of nitrogens with zero attached hydrogens (tertiary/aromatic N) is 1. The summed E-state index contributed by atoms with van der Waals surface area (Å²) in [4.78, 5) is 14.0. The van der Waals surface area contributed by atoms with E-state index in [1.807, 2.05) is 24.3 Å². The number of carbonyl (C=O) groups is 1. The fourth-order valence-electron chi connectivity index (χ4n) is 2.70. The Balaban J connectivity index is 1.83. The lowest BCUT2D eigenvalue weighted by Crippen LogP contribution is -2.45. The third kappa shape index (κ3) is 5.75. The van der Waals surface area contributed by atoms with Crippen molar-refractivity contribution in [3.8, 4) is 5.75 Å². The number of carbonyl (C=O) groups excluding carboxylic acids is 1. The van der Waals surface area contributed by atoms with Crippen molar-refractivity contribution in [3.63, 3.8) is 0 Å². The van der Waals surface area contributed by atoms with E-state index in [9.17, 15) is 9.90 Å². The molecule has 5 heteroatoms. The van der Waals surface area contributed by atoms with E-state index in [1.165, 1.54) is 0 Å². The molecule has 1 heterocycles. The fraction of sp³-hybridized carbons (Fsp3) is 0.611. The van der Waals surface area contributed by atoms with E-state index in [2.05, 4.69) is 19.2 Å². The summed E-state index contributed by atoms with van der Waals surface area (Å²) in [6, 6.07) is 7.77. The van der Waals surface area contributed by atoms with Crippen molar-refractivity contribution in [2.24, 2.45) is 11.8 Å². The zero-order chi connectivity index (χ0) is 16.7. The maximum absolute atomic E-state index is 12.2. The lowest BCUT2D eigenvalue weighted by atomic mass is 9.99. The molecule has 1 aliphatic rings. The van der Waals surface area contributed by atoms with E-state index in [-0.39, 0.29) is 18.6 Å². The summed E-state index contributed by atoms with van der Waals surface area (Å²) in [6.45, 7) is 6.95. The number of likely N-dealkylation sites (tertiary alicyclic amines) is 1. The first-order chi connectivity index (χ1) is 11.1. The van der Waals surface area contributed by atoms with Gasteiger partial charge in [0.1, 0.15) is 5.75 Å². The molecule has 23 heavy (non-hydrogen) atoms. The first kappa shape index (κ1) is 17.6. The SMILES string of the molecule is CC(C)COc1cccc(CNC(=O)N2CCCC(CO)C2)c1. The average molecular weight is 320 g/mol. The van der Waals surface area contributed by atoms with Crippen LogP contribution in [0, 0.1) is 11.8 Å². The molecule has 1 aliphatic heterocycles. The number of hydrogen-bond donors (Lipinski definition) is 2. The summed E-state index contributed by atoms with van der Waals surface area (Å²) in [5.41, 5.74) is 1.02. The second kappa shape index (κ2) is 8.77. The minimum atomic E-state index is -0.0587. The van der Waals surface area contributed by atoms with Crippen LogP contribution in [0.5, 0.6) is 5.75 Å². The summed E-state index contributed by atoms with van der Waals surface area (Å²) in [5.74, 6) is 1.53. The smallest absolute Gasteiger partial charge is 0.317 e. The number of benzene rings is 1. The molecule has 1 atom stereocenters. The van der Waals surface area contributed by atoms with E-state index < -0.39 is 0 Å². The second-order valence-corrected chi connectivity index (χ2v) is 6.65. The summed E-state index contributed by atoms with van der Waals surface area (Å²) in [6.07, 6.45) is 1.95. The van der Waals surface area contributed by atoms with E-state index >= 15 is 0 Å². The first-order valence-corrected chi connectivity index (χ1v) is 8.44. The molecular weight excluding hydrogens is 292 g/mol. The normalized spacial score (nSPS) is 18.1. The minimum absolute atomic E-state index is 0.0587. The predicted octanol–water partition coefficient (Wildman–Crippen LogP) is 2.64. The Morgan fingerprint density at radius 2 is 2.30 bits per heavy atom. The molecule has 2 rings (SSSR count). The lowest BCUT2D eigenvalue weighted by Gasteiger charge is -2.31. The minimum Gasteiger partial charge on any atom is -0.493 e. The average Bonchev–Trinajstić information content (AvgIpc) is 2.58. The quantitative estimate of drug-likeness (QED) is 0.847. The number of ether oxygens (including phenoxy) is 1. The monoisotopic (exact) mass is 320 g/mol. The molecule has 1 fully saturated rings. The van der Waals surface area contributed by atoms with Crippen LogP contribution in [0.15, 0.2) is 24.3 Å². The van der Waals surface area contributed by atoms with Crippen molar-refractivity contribution < 1.29 is 14.6 Å². The van der Waals surface area contributed by atoms with Crippen LogP contribution in [0.2, 0.25) is 0 Å². The van der Waals surface area contributed by atoms with E-state index in [0.29, 0.717) is 25.6 Å². The Morgan fingerprint density at radius 3 is 3.04 bits per heavy atom. The highest BCUT2D eigenvalue weighted by Crippen LogP contribution is 2.17. The van der Waals surface area contributed by atoms with Crippen LogP contribution < -0.4 is 10.1 Å². The van der Waals surface area contributed by atoms with Crippen LogP contribution in [0.25, 0.3) is 0 Å². The van der Waals surface area contributed by atoms with Crippen molar-refractivity contribution in [1.82, 2.24) is 10.2 Å². The number of aliphatic hydroxyl groups is 1. The molecule has 1 aromatic carbocycles. The van der Waals surface area contributed by atoms with E-state index in [0.717, 1.165) is 30.7 Å². The standard InChI is InChI=1S/C18H28N2O3/c1-14(2)13-23-17-7-3-5-15(9-17)10-19-18(22)20-8-4-6-16(11-20)12-21/h3,5,7,9,14,16,21H,4,6,8,10-13H2,1-2H3,(H,19,22). The molecule has 1 unspecified atom stereocenters. The number of aliphatic hydroxyl groups excluding tert-OH is 1. The topological polar surface area (TPSA) is 61.8 Å². The van der Waals surface area contributed by atoms with Crippen molar-refractivity contribution in [1.29, 1.82) is 0 Å². The summed E-state index contributed by atoms with van der Waals surface area (Å²) < 4.78 is 5.71. The van der Waals surface area contributed by atoms with Gasteiger partial charge in [-0.1, -0.05) is 26.0 Å². The highest BCUT2D eigenvalue weighted by atomic mass is 16.5. The van der Waals surface area contributed by atoms with Crippen molar-refractivity contribution >= 4 is 6.03 Å². The highest BCUT2D eigenvalue weighted by Gasteiger charge is 2.22. The molecule has 2 amide bonds. The zero-order valence-electron chi connectivity index (χ0n) is 14.1.